The van der Waals surface area contributed by atoms with Gasteiger partial charge < -0.3 is 24.3 Å². The number of rotatable bonds is 7. The van der Waals surface area contributed by atoms with Crippen molar-refractivity contribution in [2.75, 3.05) is 20.3 Å². The third-order valence-corrected chi connectivity index (χ3v) is 5.21. The summed E-state index contributed by atoms with van der Waals surface area (Å²) in [5, 5.41) is 3.45. The van der Waals surface area contributed by atoms with E-state index in [2.05, 4.69) is 19.2 Å². The van der Waals surface area contributed by atoms with Gasteiger partial charge in [-0.2, -0.15) is 0 Å². The Hall–Kier alpha value is -2.60. The summed E-state index contributed by atoms with van der Waals surface area (Å²) >= 11 is 6.40. The lowest BCUT2D eigenvalue weighted by Gasteiger charge is -2.24. The van der Waals surface area contributed by atoms with Crippen LogP contribution >= 0.6 is 11.6 Å². The molecule has 0 radical (unpaired) electrons. The summed E-state index contributed by atoms with van der Waals surface area (Å²) in [5.74, 6) is 2.18. The molecule has 6 nitrogen and oxygen atoms in total. The molecule has 1 aliphatic rings. The highest BCUT2D eigenvalue weighted by molar-refractivity contribution is 6.32. The highest BCUT2D eigenvalue weighted by Crippen LogP contribution is 2.38. The number of benzene rings is 2. The molecular weight excluding hydrogens is 418 g/mol. The Morgan fingerprint density at radius 1 is 1.06 bits per heavy atom. The fourth-order valence-electron chi connectivity index (χ4n) is 3.43. The molecule has 1 heterocycles. The zero-order valence-corrected chi connectivity index (χ0v) is 19.4. The van der Waals surface area contributed by atoms with E-state index < -0.39 is 0 Å². The first-order chi connectivity index (χ1) is 14.8. The minimum absolute atomic E-state index is 0.0733. The molecule has 0 aliphatic carbocycles. The number of hydrogen-bond donors (Lipinski definition) is 1. The second-order valence-electron chi connectivity index (χ2n) is 8.11. The molecule has 0 spiro atoms. The number of methoxy groups -OCH3 is 1. The Kier molecular flexibility index (Phi) is 7.55. The van der Waals surface area contributed by atoms with Crippen molar-refractivity contribution in [2.45, 2.75) is 46.3 Å². The summed E-state index contributed by atoms with van der Waals surface area (Å²) in [6, 6.07) is 8.83. The van der Waals surface area contributed by atoms with Gasteiger partial charge in [-0.15, -0.1) is 0 Å². The van der Waals surface area contributed by atoms with Gasteiger partial charge in [0.15, 0.2) is 23.0 Å². The van der Waals surface area contributed by atoms with Crippen molar-refractivity contribution in [2.24, 2.45) is 5.92 Å². The van der Waals surface area contributed by atoms with Gasteiger partial charge >= 0.3 is 0 Å². The average molecular weight is 448 g/mol. The van der Waals surface area contributed by atoms with E-state index in [9.17, 15) is 4.79 Å². The third-order valence-electron chi connectivity index (χ3n) is 4.93. The van der Waals surface area contributed by atoms with Crippen LogP contribution < -0.4 is 24.3 Å². The molecule has 168 valence electrons. The van der Waals surface area contributed by atoms with Gasteiger partial charge in [0.2, 0.25) is 0 Å². The van der Waals surface area contributed by atoms with Gasteiger partial charge in [0.1, 0.15) is 0 Å². The zero-order chi connectivity index (χ0) is 22.5. The summed E-state index contributed by atoms with van der Waals surface area (Å²) < 4.78 is 22.7. The first kappa shape index (κ1) is 23.1. The van der Waals surface area contributed by atoms with Gasteiger partial charge in [-0.3, -0.25) is 4.79 Å². The molecule has 0 saturated carbocycles. The maximum Gasteiger partial charge on any atom is 0.251 e. The molecule has 1 N–H and O–H groups in total. The van der Waals surface area contributed by atoms with E-state index in [-0.39, 0.29) is 24.0 Å². The summed E-state index contributed by atoms with van der Waals surface area (Å²) in [7, 11) is 1.52. The predicted molar refractivity (Wildman–Crippen MR) is 121 cm³/mol. The molecule has 0 aromatic heterocycles. The van der Waals surface area contributed by atoms with E-state index in [4.69, 9.17) is 30.5 Å². The second-order valence-corrected chi connectivity index (χ2v) is 8.52. The van der Waals surface area contributed by atoms with Crippen molar-refractivity contribution in [1.29, 1.82) is 0 Å². The molecular formula is C24H30ClNO5. The van der Waals surface area contributed by atoms with Crippen molar-refractivity contribution in [3.8, 4) is 23.0 Å². The lowest BCUT2D eigenvalue weighted by molar-refractivity contribution is 0.0925. The fraction of sp³-hybridized carbons (Fsp3) is 0.458. The smallest absolute Gasteiger partial charge is 0.251 e. The summed E-state index contributed by atoms with van der Waals surface area (Å²) in [6.07, 6.45) is 0.767. The van der Waals surface area contributed by atoms with E-state index >= 15 is 0 Å². The molecule has 0 saturated heterocycles. The van der Waals surface area contributed by atoms with E-state index in [0.29, 0.717) is 41.0 Å². The molecule has 0 bridgehead atoms. The van der Waals surface area contributed by atoms with Crippen LogP contribution in [0.3, 0.4) is 0 Å². The first-order valence-corrected chi connectivity index (χ1v) is 10.9. The summed E-state index contributed by atoms with van der Waals surface area (Å²) in [5.41, 5.74) is 1.35. The van der Waals surface area contributed by atoms with Gasteiger partial charge in [0.25, 0.3) is 5.91 Å². The molecule has 1 atom stereocenters. The predicted octanol–water partition coefficient (Wildman–Crippen LogP) is 5.42. The van der Waals surface area contributed by atoms with E-state index in [0.717, 1.165) is 17.7 Å². The number of amides is 1. The second kappa shape index (κ2) is 10.1. The Labute approximate surface area is 188 Å². The van der Waals surface area contributed by atoms with Crippen LogP contribution in [0.2, 0.25) is 5.02 Å². The van der Waals surface area contributed by atoms with Gasteiger partial charge in [-0.25, -0.2) is 0 Å². The average Bonchev–Trinajstić information content (AvgIpc) is 2.97. The van der Waals surface area contributed by atoms with Gasteiger partial charge in [0, 0.05) is 12.0 Å². The van der Waals surface area contributed by atoms with Crippen molar-refractivity contribution in [3.63, 3.8) is 0 Å². The lowest BCUT2D eigenvalue weighted by Crippen LogP contribution is -2.31. The van der Waals surface area contributed by atoms with Crippen molar-refractivity contribution in [3.05, 3.63) is 46.5 Å². The summed E-state index contributed by atoms with van der Waals surface area (Å²) in [6.45, 7) is 9.16. The molecule has 7 heteroatoms. The van der Waals surface area contributed by atoms with Crippen molar-refractivity contribution < 1.29 is 23.7 Å². The maximum absolute atomic E-state index is 13.1. The van der Waals surface area contributed by atoms with Crippen LogP contribution in [0.1, 0.15) is 56.1 Å². The molecule has 1 amide bonds. The number of carbonyl (C=O) groups is 1. The van der Waals surface area contributed by atoms with E-state index in [1.807, 2.05) is 32.0 Å². The molecule has 1 aliphatic heterocycles. The van der Waals surface area contributed by atoms with Crippen LogP contribution in [0.25, 0.3) is 0 Å². The number of ether oxygens (including phenoxy) is 4. The standard InChI is InChI=1S/C24H30ClNO5/c1-14(2)22(16-7-8-19-20(12-16)30-10-6-9-29-19)26-24(27)17-11-18(25)23(31-15(3)4)21(13-17)28-5/h7-8,11-15,22H,6,9-10H2,1-5H3,(H,26,27). The Bertz CT molecular complexity index is 928. The van der Waals surface area contributed by atoms with Gasteiger partial charge in [0.05, 0.1) is 37.5 Å². The Balaban J connectivity index is 1.86. The molecule has 31 heavy (non-hydrogen) atoms. The normalized spacial score (nSPS) is 14.2. The minimum Gasteiger partial charge on any atom is -0.493 e. The largest absolute Gasteiger partial charge is 0.493 e. The fourth-order valence-corrected chi connectivity index (χ4v) is 3.69. The lowest BCUT2D eigenvalue weighted by atomic mass is 9.95. The first-order valence-electron chi connectivity index (χ1n) is 10.5. The highest BCUT2D eigenvalue weighted by Gasteiger charge is 2.23. The number of carbonyl (C=O) groups excluding carboxylic acids is 1. The van der Waals surface area contributed by atoms with Crippen LogP contribution in [-0.4, -0.2) is 32.3 Å². The van der Waals surface area contributed by atoms with Gasteiger partial charge in [-0.1, -0.05) is 31.5 Å². The number of hydrogen-bond acceptors (Lipinski definition) is 5. The van der Waals surface area contributed by atoms with Crippen LogP contribution in [0.5, 0.6) is 23.0 Å². The minimum atomic E-state index is -0.248. The van der Waals surface area contributed by atoms with E-state index in [1.54, 1.807) is 12.1 Å². The highest BCUT2D eigenvalue weighted by atomic mass is 35.5. The molecule has 0 fully saturated rings. The Morgan fingerprint density at radius 2 is 1.77 bits per heavy atom. The summed E-state index contributed by atoms with van der Waals surface area (Å²) in [4.78, 5) is 13.1. The van der Waals surface area contributed by atoms with E-state index in [1.165, 1.54) is 7.11 Å². The van der Waals surface area contributed by atoms with Crippen molar-refractivity contribution >= 4 is 17.5 Å². The molecule has 1 unspecified atom stereocenters. The SMILES string of the molecule is COc1cc(C(=O)NC(c2ccc3c(c2)OCCCO3)C(C)C)cc(Cl)c1OC(C)C. The topological polar surface area (TPSA) is 66.0 Å². The zero-order valence-electron chi connectivity index (χ0n) is 18.7. The van der Waals surface area contributed by atoms with Crippen molar-refractivity contribution in [1.82, 2.24) is 5.32 Å². The monoisotopic (exact) mass is 447 g/mol. The van der Waals surface area contributed by atoms with Crippen LogP contribution in [0.15, 0.2) is 30.3 Å². The van der Waals surface area contributed by atoms with Crippen LogP contribution in [-0.2, 0) is 0 Å². The van der Waals surface area contributed by atoms with Gasteiger partial charge in [-0.05, 0) is 49.6 Å². The maximum atomic E-state index is 13.1. The number of halogens is 1. The molecule has 2 aromatic rings. The molecule has 3 rings (SSSR count). The number of fused-ring (bicyclic) bond motifs is 1. The third kappa shape index (κ3) is 5.56. The molecule has 2 aromatic carbocycles. The van der Waals surface area contributed by atoms with Crippen LogP contribution in [0.4, 0.5) is 0 Å². The quantitative estimate of drug-likeness (QED) is 0.613. The van der Waals surface area contributed by atoms with Crippen LogP contribution in [0, 0.1) is 5.92 Å². The number of nitrogens with one attached hydrogen (secondary N) is 1. The Morgan fingerprint density at radius 3 is 2.42 bits per heavy atom.